The van der Waals surface area contributed by atoms with Crippen molar-refractivity contribution < 1.29 is 14.3 Å². The zero-order valence-electron chi connectivity index (χ0n) is 22.9. The van der Waals surface area contributed by atoms with E-state index in [0.717, 1.165) is 35.7 Å². The van der Waals surface area contributed by atoms with E-state index in [-0.39, 0.29) is 24.4 Å². The zero-order valence-corrected chi connectivity index (χ0v) is 22.9. The first-order chi connectivity index (χ1) is 18.8. The second kappa shape index (κ2) is 11.4. The molecule has 1 atom stereocenters. The number of aryl methyl sites for hydroxylation is 1. The van der Waals surface area contributed by atoms with Gasteiger partial charge in [-0.05, 0) is 49.2 Å². The molecule has 2 amide bonds. The van der Waals surface area contributed by atoms with Gasteiger partial charge in [0.25, 0.3) is 0 Å². The molecule has 2 aliphatic heterocycles. The van der Waals surface area contributed by atoms with Crippen LogP contribution in [-0.4, -0.2) is 60.6 Å². The van der Waals surface area contributed by atoms with Gasteiger partial charge in [-0.15, -0.1) is 0 Å². The lowest BCUT2D eigenvalue weighted by molar-refractivity contribution is -0.128. The van der Waals surface area contributed by atoms with Crippen LogP contribution in [0.3, 0.4) is 0 Å². The van der Waals surface area contributed by atoms with E-state index in [0.29, 0.717) is 30.9 Å². The lowest BCUT2D eigenvalue weighted by Gasteiger charge is -2.46. The second-order valence-corrected chi connectivity index (χ2v) is 10.9. The lowest BCUT2D eigenvalue weighted by Crippen LogP contribution is -2.59. The molecule has 3 aromatic rings. The molecule has 39 heavy (non-hydrogen) atoms. The number of aromatic nitrogens is 1. The largest absolute Gasteiger partial charge is 0.378 e. The maximum Gasteiger partial charge on any atom is 0.322 e. The fourth-order valence-corrected chi connectivity index (χ4v) is 5.35. The maximum atomic E-state index is 13.9. The summed E-state index contributed by atoms with van der Waals surface area (Å²) in [6.45, 7) is 9.03. The standard InChI is InChI=1S/C32H36N4O3/c1-23-12-14-26(15-13-23)34-31(38)36-22-25(21-27-10-7-11-29(33-27)35-16-18-39-19-17-35)30(37)32(2,3)28(36)20-24-8-5-4-6-9-24/h4-15,21,28H,16-20,22H2,1-3H3,(H,34,38). The molecule has 0 radical (unpaired) electrons. The highest BCUT2D eigenvalue weighted by Gasteiger charge is 2.47. The number of ether oxygens (including phenoxy) is 1. The molecule has 2 saturated heterocycles. The summed E-state index contributed by atoms with van der Waals surface area (Å²) in [6, 6.07) is 23.1. The Bertz CT molecular complexity index is 1350. The van der Waals surface area contributed by atoms with Crippen LogP contribution >= 0.6 is 0 Å². The van der Waals surface area contributed by atoms with E-state index in [1.54, 1.807) is 0 Å². The van der Waals surface area contributed by atoms with E-state index in [4.69, 9.17) is 9.72 Å². The van der Waals surface area contributed by atoms with E-state index >= 15 is 0 Å². The van der Waals surface area contributed by atoms with Crippen LogP contribution < -0.4 is 10.2 Å². The summed E-state index contributed by atoms with van der Waals surface area (Å²) in [4.78, 5) is 36.5. The molecule has 1 N–H and O–H groups in total. The minimum Gasteiger partial charge on any atom is -0.378 e. The zero-order chi connectivity index (χ0) is 27.4. The van der Waals surface area contributed by atoms with Crippen molar-refractivity contribution in [2.75, 3.05) is 43.1 Å². The first kappa shape index (κ1) is 26.6. The van der Waals surface area contributed by atoms with Gasteiger partial charge in [-0.2, -0.15) is 0 Å². The topological polar surface area (TPSA) is 74.8 Å². The summed E-state index contributed by atoms with van der Waals surface area (Å²) in [5.74, 6) is 0.910. The number of urea groups is 1. The number of hydrogen-bond acceptors (Lipinski definition) is 5. The van der Waals surface area contributed by atoms with Crippen molar-refractivity contribution in [3.05, 3.63) is 95.2 Å². The summed E-state index contributed by atoms with van der Waals surface area (Å²) >= 11 is 0. The minimum absolute atomic E-state index is 0.0430. The molecule has 1 unspecified atom stereocenters. The Labute approximate surface area is 230 Å². The van der Waals surface area contributed by atoms with Gasteiger partial charge in [-0.1, -0.05) is 67.9 Å². The van der Waals surface area contributed by atoms with Gasteiger partial charge in [0.05, 0.1) is 31.5 Å². The number of likely N-dealkylation sites (tertiary alicyclic amines) is 1. The van der Waals surface area contributed by atoms with Crippen molar-refractivity contribution in [3.8, 4) is 0 Å². The monoisotopic (exact) mass is 524 g/mol. The molecule has 0 bridgehead atoms. The predicted molar refractivity (Wildman–Crippen MR) is 155 cm³/mol. The molecule has 2 fully saturated rings. The average molecular weight is 525 g/mol. The van der Waals surface area contributed by atoms with Gasteiger partial charge in [0.1, 0.15) is 5.82 Å². The van der Waals surface area contributed by atoms with Crippen LogP contribution in [0.4, 0.5) is 16.3 Å². The summed E-state index contributed by atoms with van der Waals surface area (Å²) in [5, 5.41) is 3.06. The minimum atomic E-state index is -0.799. The molecule has 5 rings (SSSR count). The highest BCUT2D eigenvalue weighted by atomic mass is 16.5. The number of anilines is 2. The molecular weight excluding hydrogens is 488 g/mol. The van der Waals surface area contributed by atoms with Crippen LogP contribution in [0.15, 0.2) is 78.4 Å². The number of amides is 2. The van der Waals surface area contributed by atoms with E-state index in [2.05, 4.69) is 10.2 Å². The van der Waals surface area contributed by atoms with E-state index in [1.165, 1.54) is 0 Å². The summed E-state index contributed by atoms with van der Waals surface area (Å²) in [5.41, 5.74) is 3.42. The number of carbonyl (C=O) groups excluding carboxylic acids is 2. The smallest absolute Gasteiger partial charge is 0.322 e. The van der Waals surface area contributed by atoms with Gasteiger partial charge in [0.2, 0.25) is 0 Å². The van der Waals surface area contributed by atoms with Gasteiger partial charge in [-0.25, -0.2) is 9.78 Å². The Hall–Kier alpha value is -3.97. The molecule has 202 valence electrons. The highest BCUT2D eigenvalue weighted by molar-refractivity contribution is 6.06. The van der Waals surface area contributed by atoms with Crippen LogP contribution in [0.1, 0.15) is 30.7 Å². The van der Waals surface area contributed by atoms with Crippen molar-refractivity contribution in [2.24, 2.45) is 5.41 Å². The number of piperidine rings is 1. The third-order valence-electron chi connectivity index (χ3n) is 7.68. The van der Waals surface area contributed by atoms with Crippen LogP contribution in [0.2, 0.25) is 0 Å². The number of hydrogen-bond donors (Lipinski definition) is 1. The van der Waals surface area contributed by atoms with Crippen LogP contribution in [0.5, 0.6) is 0 Å². The molecule has 1 aromatic heterocycles. The third kappa shape index (κ3) is 6.04. The number of benzene rings is 2. The second-order valence-electron chi connectivity index (χ2n) is 10.9. The Balaban J connectivity index is 1.47. The number of pyridine rings is 1. The van der Waals surface area contributed by atoms with E-state index in [1.807, 2.05) is 105 Å². The maximum absolute atomic E-state index is 13.9. The molecule has 7 nitrogen and oxygen atoms in total. The van der Waals surface area contributed by atoms with E-state index in [9.17, 15) is 9.59 Å². The normalized spacial score (nSPS) is 20.2. The fraction of sp³-hybridized carbons (Fsp3) is 0.344. The van der Waals surface area contributed by atoms with Crippen LogP contribution in [0.25, 0.3) is 6.08 Å². The molecule has 0 saturated carbocycles. The Kier molecular flexibility index (Phi) is 7.79. The Morgan fingerprint density at radius 3 is 2.46 bits per heavy atom. The van der Waals surface area contributed by atoms with Crippen molar-refractivity contribution >= 4 is 29.4 Å². The van der Waals surface area contributed by atoms with Gasteiger partial charge in [0.15, 0.2) is 5.78 Å². The first-order valence-corrected chi connectivity index (χ1v) is 13.5. The summed E-state index contributed by atoms with van der Waals surface area (Å²) in [7, 11) is 0. The average Bonchev–Trinajstić information content (AvgIpc) is 2.95. The van der Waals surface area contributed by atoms with Gasteiger partial charge >= 0.3 is 6.03 Å². The fourth-order valence-electron chi connectivity index (χ4n) is 5.35. The highest BCUT2D eigenvalue weighted by Crippen LogP contribution is 2.38. The van der Waals surface area contributed by atoms with Crippen molar-refractivity contribution in [2.45, 2.75) is 33.2 Å². The number of carbonyl (C=O) groups is 2. The van der Waals surface area contributed by atoms with Gasteiger partial charge in [0, 0.05) is 29.8 Å². The summed E-state index contributed by atoms with van der Waals surface area (Å²) in [6.07, 6.45) is 2.43. The quantitative estimate of drug-likeness (QED) is 0.455. The third-order valence-corrected chi connectivity index (χ3v) is 7.68. The molecule has 0 spiro atoms. The number of Topliss-reactive ketones (excluding diaryl/α,β-unsaturated/α-hetero) is 1. The number of ketones is 1. The number of rotatable bonds is 5. The Morgan fingerprint density at radius 2 is 1.74 bits per heavy atom. The SMILES string of the molecule is Cc1ccc(NC(=O)N2CC(=Cc3cccc(N4CCOCC4)n3)C(=O)C(C)(C)C2Cc2ccccc2)cc1. The lowest BCUT2D eigenvalue weighted by atomic mass is 9.71. The van der Waals surface area contributed by atoms with Crippen molar-refractivity contribution in [1.29, 1.82) is 0 Å². The van der Waals surface area contributed by atoms with Crippen LogP contribution in [0, 0.1) is 12.3 Å². The van der Waals surface area contributed by atoms with Crippen LogP contribution in [-0.2, 0) is 16.0 Å². The number of nitrogens with one attached hydrogen (secondary N) is 1. The van der Waals surface area contributed by atoms with Gasteiger partial charge in [-0.3, -0.25) is 4.79 Å². The van der Waals surface area contributed by atoms with Crippen molar-refractivity contribution in [1.82, 2.24) is 9.88 Å². The molecule has 2 aliphatic rings. The number of nitrogens with zero attached hydrogens (tertiary/aromatic N) is 3. The van der Waals surface area contributed by atoms with Crippen molar-refractivity contribution in [3.63, 3.8) is 0 Å². The van der Waals surface area contributed by atoms with Gasteiger partial charge < -0.3 is 19.9 Å². The Morgan fingerprint density at radius 1 is 1.03 bits per heavy atom. The molecular formula is C32H36N4O3. The molecule has 7 heteroatoms. The number of morpholine rings is 1. The molecule has 3 heterocycles. The first-order valence-electron chi connectivity index (χ1n) is 13.5. The molecule has 2 aromatic carbocycles. The summed E-state index contributed by atoms with van der Waals surface area (Å²) < 4.78 is 5.48. The predicted octanol–water partition coefficient (Wildman–Crippen LogP) is 5.36. The van der Waals surface area contributed by atoms with E-state index < -0.39 is 5.41 Å². The molecule has 0 aliphatic carbocycles.